The summed E-state index contributed by atoms with van der Waals surface area (Å²) in [4.78, 5) is 22.3. The van der Waals surface area contributed by atoms with Gasteiger partial charge in [-0.05, 0) is 19.3 Å². The molecule has 1 saturated heterocycles. The first kappa shape index (κ1) is 17.8. The van der Waals surface area contributed by atoms with E-state index in [1.54, 1.807) is 0 Å². The van der Waals surface area contributed by atoms with Gasteiger partial charge < -0.3 is 14.9 Å². The van der Waals surface area contributed by atoms with Crippen molar-refractivity contribution >= 4 is 22.1 Å². The molecule has 0 aromatic heterocycles. The summed E-state index contributed by atoms with van der Waals surface area (Å²) in [6.07, 6.45) is 0.434. The van der Waals surface area contributed by atoms with Gasteiger partial charge in [-0.1, -0.05) is 0 Å². The lowest BCUT2D eigenvalue weighted by Crippen LogP contribution is -2.51. The van der Waals surface area contributed by atoms with Crippen molar-refractivity contribution in [3.05, 3.63) is 0 Å². The summed E-state index contributed by atoms with van der Waals surface area (Å²) >= 11 is 0. The van der Waals surface area contributed by atoms with Crippen LogP contribution < -0.4 is 4.72 Å². The van der Waals surface area contributed by atoms with Gasteiger partial charge in [-0.2, -0.15) is 17.4 Å². The number of rotatable bonds is 7. The number of hydrogen-bond acceptors (Lipinski definition) is 6. The molecule has 0 aromatic carbocycles. The van der Waals surface area contributed by atoms with Crippen molar-refractivity contribution in [1.29, 1.82) is 0 Å². The summed E-state index contributed by atoms with van der Waals surface area (Å²) in [7, 11) is -2.69. The zero-order chi connectivity index (χ0) is 16.0. The average Bonchev–Trinajstić information content (AvgIpc) is 2.45. The number of esters is 1. The highest BCUT2D eigenvalue weighted by atomic mass is 32.2. The van der Waals surface area contributed by atoms with Gasteiger partial charge in [-0.3, -0.25) is 9.59 Å². The minimum Gasteiger partial charge on any atom is -0.480 e. The Kier molecular flexibility index (Phi) is 6.52. The minimum absolute atomic E-state index is 0.112. The number of aliphatic hydroxyl groups excluding tert-OH is 1. The Morgan fingerprint density at radius 1 is 1.38 bits per heavy atom. The van der Waals surface area contributed by atoms with Crippen LogP contribution in [0.15, 0.2) is 0 Å². The molecule has 10 heteroatoms. The number of carbonyl (C=O) groups is 2. The third kappa shape index (κ3) is 4.92. The topological polar surface area (TPSA) is 133 Å². The first-order chi connectivity index (χ1) is 9.81. The quantitative estimate of drug-likeness (QED) is 0.487. The summed E-state index contributed by atoms with van der Waals surface area (Å²) in [5.74, 6) is -2.06. The maximum Gasteiger partial charge on any atom is 0.321 e. The molecule has 0 spiro atoms. The standard InChI is InChI=1S/C11H20N2O7S/c1-20-11(17)8-2-5-13(6-3-8)21(18,19)12-9(4-7-14)10(15)16/h8-9,12,14H,2-7H2,1H3,(H,15,16)/t9-/m1/s1. The summed E-state index contributed by atoms with van der Waals surface area (Å²) in [5.41, 5.74) is 0. The van der Waals surface area contributed by atoms with Gasteiger partial charge in [0.1, 0.15) is 6.04 Å². The highest BCUT2D eigenvalue weighted by molar-refractivity contribution is 7.87. The molecule has 0 bridgehead atoms. The van der Waals surface area contributed by atoms with Gasteiger partial charge in [-0.25, -0.2) is 0 Å². The predicted octanol–water partition coefficient (Wildman–Crippen LogP) is -1.46. The van der Waals surface area contributed by atoms with Gasteiger partial charge in [-0.15, -0.1) is 0 Å². The number of aliphatic carboxylic acids is 1. The van der Waals surface area contributed by atoms with Crippen LogP contribution in [0.3, 0.4) is 0 Å². The second-order valence-electron chi connectivity index (χ2n) is 4.72. The largest absolute Gasteiger partial charge is 0.480 e. The highest BCUT2D eigenvalue weighted by Gasteiger charge is 2.33. The third-order valence-corrected chi connectivity index (χ3v) is 4.96. The van der Waals surface area contributed by atoms with Crippen LogP contribution in [0.1, 0.15) is 19.3 Å². The van der Waals surface area contributed by atoms with Gasteiger partial charge in [0.15, 0.2) is 0 Å². The Labute approximate surface area is 123 Å². The molecule has 0 aliphatic carbocycles. The molecule has 3 N–H and O–H groups in total. The van der Waals surface area contributed by atoms with E-state index < -0.39 is 28.8 Å². The Morgan fingerprint density at radius 3 is 2.38 bits per heavy atom. The zero-order valence-corrected chi connectivity index (χ0v) is 12.5. The molecule has 122 valence electrons. The fourth-order valence-corrected chi connectivity index (χ4v) is 3.53. The van der Waals surface area contributed by atoms with E-state index in [1.165, 1.54) is 7.11 Å². The molecular weight excluding hydrogens is 304 g/mol. The molecule has 1 rings (SSSR count). The number of piperidine rings is 1. The van der Waals surface area contributed by atoms with E-state index in [1.807, 2.05) is 4.72 Å². The van der Waals surface area contributed by atoms with Crippen molar-refractivity contribution in [2.24, 2.45) is 5.92 Å². The van der Waals surface area contributed by atoms with Gasteiger partial charge in [0.05, 0.1) is 13.0 Å². The number of aliphatic hydroxyl groups is 1. The third-order valence-electron chi connectivity index (χ3n) is 3.34. The van der Waals surface area contributed by atoms with E-state index in [0.29, 0.717) is 12.8 Å². The smallest absolute Gasteiger partial charge is 0.321 e. The van der Waals surface area contributed by atoms with Crippen LogP contribution in [-0.4, -0.2) is 67.7 Å². The SMILES string of the molecule is COC(=O)C1CCN(S(=O)(=O)N[C@H](CCO)C(=O)O)CC1. The Morgan fingerprint density at radius 2 is 1.95 bits per heavy atom. The van der Waals surface area contributed by atoms with Crippen LogP contribution in [0.25, 0.3) is 0 Å². The van der Waals surface area contributed by atoms with E-state index in [4.69, 9.17) is 10.2 Å². The minimum atomic E-state index is -3.97. The van der Waals surface area contributed by atoms with Crippen molar-refractivity contribution in [3.8, 4) is 0 Å². The number of carbonyl (C=O) groups excluding carboxylic acids is 1. The van der Waals surface area contributed by atoms with Crippen LogP contribution in [-0.2, 0) is 24.5 Å². The molecule has 0 saturated carbocycles. The molecule has 1 atom stereocenters. The van der Waals surface area contributed by atoms with E-state index in [9.17, 15) is 18.0 Å². The summed E-state index contributed by atoms with van der Waals surface area (Å²) < 4.78 is 31.9. The van der Waals surface area contributed by atoms with E-state index in [2.05, 4.69) is 4.74 Å². The number of nitrogens with one attached hydrogen (secondary N) is 1. The van der Waals surface area contributed by atoms with Crippen LogP contribution in [0.2, 0.25) is 0 Å². The lowest BCUT2D eigenvalue weighted by molar-refractivity contribution is -0.146. The first-order valence-electron chi connectivity index (χ1n) is 6.50. The molecule has 0 aromatic rings. The summed E-state index contributed by atoms with van der Waals surface area (Å²) in [5, 5.41) is 17.6. The maximum absolute atomic E-state index is 12.1. The van der Waals surface area contributed by atoms with E-state index in [0.717, 1.165) is 4.31 Å². The van der Waals surface area contributed by atoms with Crippen LogP contribution in [0, 0.1) is 5.92 Å². The summed E-state index contributed by atoms with van der Waals surface area (Å²) in [6, 6.07) is -1.38. The van der Waals surface area contributed by atoms with Crippen LogP contribution >= 0.6 is 0 Å². The Balaban J connectivity index is 2.64. The lowest BCUT2D eigenvalue weighted by Gasteiger charge is -2.30. The Hall–Kier alpha value is -1.23. The molecule has 0 radical (unpaired) electrons. The summed E-state index contributed by atoms with van der Waals surface area (Å²) in [6.45, 7) is -0.217. The van der Waals surface area contributed by atoms with Crippen molar-refractivity contribution < 1.29 is 33.0 Å². The van der Waals surface area contributed by atoms with Gasteiger partial charge >= 0.3 is 11.9 Å². The van der Waals surface area contributed by atoms with Gasteiger partial charge in [0.2, 0.25) is 0 Å². The molecule has 1 heterocycles. The molecule has 0 amide bonds. The van der Waals surface area contributed by atoms with E-state index in [-0.39, 0.29) is 31.4 Å². The molecule has 1 aliphatic heterocycles. The number of nitrogens with zero attached hydrogens (tertiary/aromatic N) is 1. The van der Waals surface area contributed by atoms with Gasteiger partial charge in [0.25, 0.3) is 10.2 Å². The molecule has 21 heavy (non-hydrogen) atoms. The molecule has 0 unspecified atom stereocenters. The number of methoxy groups -OCH3 is 1. The molecule has 1 aliphatic rings. The monoisotopic (exact) mass is 324 g/mol. The normalized spacial score (nSPS) is 19.1. The number of hydrogen-bond donors (Lipinski definition) is 3. The number of ether oxygens (including phenoxy) is 1. The zero-order valence-electron chi connectivity index (χ0n) is 11.7. The molecular formula is C11H20N2O7S. The van der Waals surface area contributed by atoms with Crippen LogP contribution in [0.4, 0.5) is 0 Å². The second-order valence-corrected chi connectivity index (χ2v) is 6.42. The van der Waals surface area contributed by atoms with Gasteiger partial charge in [0, 0.05) is 19.7 Å². The molecule has 9 nitrogen and oxygen atoms in total. The number of carboxylic acids is 1. The Bertz CT molecular complexity index is 471. The first-order valence-corrected chi connectivity index (χ1v) is 7.94. The molecule has 1 fully saturated rings. The van der Waals surface area contributed by atoms with E-state index >= 15 is 0 Å². The van der Waals surface area contributed by atoms with Crippen molar-refractivity contribution in [2.45, 2.75) is 25.3 Å². The number of carboxylic acid groups (broad SMARTS) is 1. The highest BCUT2D eigenvalue weighted by Crippen LogP contribution is 2.20. The fraction of sp³-hybridized carbons (Fsp3) is 0.818. The average molecular weight is 324 g/mol. The van der Waals surface area contributed by atoms with Crippen molar-refractivity contribution in [3.63, 3.8) is 0 Å². The fourth-order valence-electron chi connectivity index (χ4n) is 2.11. The predicted molar refractivity (Wildman–Crippen MR) is 71.5 cm³/mol. The maximum atomic E-state index is 12.1. The van der Waals surface area contributed by atoms with Crippen molar-refractivity contribution in [2.75, 3.05) is 26.8 Å². The van der Waals surface area contributed by atoms with Crippen LogP contribution in [0.5, 0.6) is 0 Å². The lowest BCUT2D eigenvalue weighted by atomic mass is 9.99. The van der Waals surface area contributed by atoms with Crippen molar-refractivity contribution in [1.82, 2.24) is 9.03 Å². The second kappa shape index (κ2) is 7.69.